The van der Waals surface area contributed by atoms with E-state index in [1.54, 1.807) is 24.3 Å². The van der Waals surface area contributed by atoms with Crippen LogP contribution in [-0.4, -0.2) is 16.8 Å². The van der Waals surface area contributed by atoms with Gasteiger partial charge in [-0.25, -0.2) is 0 Å². The Morgan fingerprint density at radius 2 is 1.43 bits per heavy atom. The Balaban J connectivity index is 1.70. The summed E-state index contributed by atoms with van der Waals surface area (Å²) in [7, 11) is 0. The monoisotopic (exact) mass is 398 g/mol. The van der Waals surface area contributed by atoms with Crippen molar-refractivity contribution in [2.24, 2.45) is 0 Å². The maximum absolute atomic E-state index is 12.6. The third kappa shape index (κ3) is 5.09. The fourth-order valence-electron chi connectivity index (χ4n) is 2.78. The Labute approximate surface area is 175 Å². The summed E-state index contributed by atoms with van der Waals surface area (Å²) in [5.41, 5.74) is 3.36. The van der Waals surface area contributed by atoms with Crippen LogP contribution < -0.4 is 10.6 Å². The smallest absolute Gasteiger partial charge is 0.274 e. The molecule has 30 heavy (non-hydrogen) atoms. The van der Waals surface area contributed by atoms with Crippen LogP contribution in [0.2, 0.25) is 0 Å². The summed E-state index contributed by atoms with van der Waals surface area (Å²) in [6, 6.07) is 19.2. The Morgan fingerprint density at radius 1 is 0.867 bits per heavy atom. The van der Waals surface area contributed by atoms with Crippen molar-refractivity contribution in [2.75, 3.05) is 10.6 Å². The van der Waals surface area contributed by atoms with Crippen molar-refractivity contribution in [2.45, 2.75) is 26.2 Å². The summed E-state index contributed by atoms with van der Waals surface area (Å²) in [6.45, 7) is 6.37. The normalized spacial score (nSPS) is 10.7. The van der Waals surface area contributed by atoms with E-state index < -0.39 is 5.91 Å². The minimum Gasteiger partial charge on any atom is -0.322 e. The number of benzene rings is 2. The van der Waals surface area contributed by atoms with Gasteiger partial charge >= 0.3 is 0 Å². The zero-order valence-electron chi connectivity index (χ0n) is 17.1. The van der Waals surface area contributed by atoms with Gasteiger partial charge < -0.3 is 10.6 Å². The molecular formula is C24H22N4O2. The van der Waals surface area contributed by atoms with E-state index in [4.69, 9.17) is 5.26 Å². The van der Waals surface area contributed by atoms with E-state index in [9.17, 15) is 9.59 Å². The van der Waals surface area contributed by atoms with Crippen molar-refractivity contribution in [3.05, 3.63) is 89.2 Å². The highest BCUT2D eigenvalue weighted by Crippen LogP contribution is 2.23. The molecule has 0 aliphatic carbocycles. The van der Waals surface area contributed by atoms with Gasteiger partial charge in [-0.05, 0) is 59.5 Å². The van der Waals surface area contributed by atoms with Crippen molar-refractivity contribution < 1.29 is 9.59 Å². The maximum atomic E-state index is 12.6. The number of pyridine rings is 1. The fourth-order valence-corrected chi connectivity index (χ4v) is 2.78. The summed E-state index contributed by atoms with van der Waals surface area (Å²) in [5.74, 6) is -0.766. The van der Waals surface area contributed by atoms with E-state index in [2.05, 4.69) is 36.4 Å². The summed E-state index contributed by atoms with van der Waals surface area (Å²) in [5, 5.41) is 14.4. The topological polar surface area (TPSA) is 94.9 Å². The molecule has 0 aliphatic rings. The molecule has 0 bridgehead atoms. The molecule has 1 heterocycles. The minimum atomic E-state index is -0.397. The molecule has 0 saturated heterocycles. The van der Waals surface area contributed by atoms with Crippen LogP contribution >= 0.6 is 0 Å². The molecule has 2 N–H and O–H groups in total. The quantitative estimate of drug-likeness (QED) is 0.663. The van der Waals surface area contributed by atoms with Crippen LogP contribution in [0.3, 0.4) is 0 Å². The second kappa shape index (κ2) is 8.58. The second-order valence-corrected chi connectivity index (χ2v) is 7.85. The highest BCUT2D eigenvalue weighted by molar-refractivity contribution is 6.07. The van der Waals surface area contributed by atoms with Crippen LogP contribution in [0.1, 0.15) is 52.7 Å². The number of carbonyl (C=O) groups excluding carboxylic acids is 2. The van der Waals surface area contributed by atoms with Gasteiger partial charge in [0.05, 0.1) is 11.6 Å². The van der Waals surface area contributed by atoms with Gasteiger partial charge in [-0.15, -0.1) is 0 Å². The number of nitrogens with zero attached hydrogens (tertiary/aromatic N) is 2. The minimum absolute atomic E-state index is 0.0285. The number of amides is 2. The number of hydrogen-bond acceptors (Lipinski definition) is 4. The predicted molar refractivity (Wildman–Crippen MR) is 116 cm³/mol. The Morgan fingerprint density at radius 3 is 2.00 bits per heavy atom. The number of carbonyl (C=O) groups is 2. The fraction of sp³-hybridized carbons (Fsp3) is 0.167. The molecular weight excluding hydrogens is 376 g/mol. The van der Waals surface area contributed by atoms with Crippen molar-refractivity contribution >= 4 is 23.2 Å². The van der Waals surface area contributed by atoms with Crippen LogP contribution in [0.5, 0.6) is 0 Å². The lowest BCUT2D eigenvalue weighted by atomic mass is 9.87. The van der Waals surface area contributed by atoms with E-state index in [1.807, 2.05) is 30.3 Å². The number of nitrogens with one attached hydrogen (secondary N) is 2. The van der Waals surface area contributed by atoms with Gasteiger partial charge in [0.1, 0.15) is 5.69 Å². The zero-order valence-corrected chi connectivity index (χ0v) is 17.1. The molecule has 0 aliphatic heterocycles. The van der Waals surface area contributed by atoms with Gasteiger partial charge in [0.25, 0.3) is 11.8 Å². The zero-order chi connectivity index (χ0) is 21.7. The third-order valence-electron chi connectivity index (χ3n) is 4.54. The highest BCUT2D eigenvalue weighted by Gasteiger charge is 2.15. The molecule has 0 spiro atoms. The van der Waals surface area contributed by atoms with Crippen LogP contribution in [0, 0.1) is 11.3 Å². The Hall–Kier alpha value is -3.98. The van der Waals surface area contributed by atoms with Crippen molar-refractivity contribution in [3.8, 4) is 6.07 Å². The Bertz CT molecular complexity index is 1110. The number of hydrogen-bond donors (Lipinski definition) is 2. The van der Waals surface area contributed by atoms with E-state index in [0.717, 1.165) is 0 Å². The van der Waals surface area contributed by atoms with Gasteiger partial charge in [0.15, 0.2) is 0 Å². The van der Waals surface area contributed by atoms with Crippen LogP contribution in [-0.2, 0) is 5.41 Å². The van der Waals surface area contributed by atoms with Gasteiger partial charge in [-0.1, -0.05) is 32.9 Å². The number of aromatic nitrogens is 1. The van der Waals surface area contributed by atoms with Gasteiger partial charge in [0.2, 0.25) is 0 Å². The van der Waals surface area contributed by atoms with Crippen LogP contribution in [0.15, 0.2) is 66.9 Å². The molecule has 0 atom stereocenters. The first-order valence-electron chi connectivity index (χ1n) is 9.46. The van der Waals surface area contributed by atoms with Crippen molar-refractivity contribution in [3.63, 3.8) is 0 Å². The second-order valence-electron chi connectivity index (χ2n) is 7.85. The lowest BCUT2D eigenvalue weighted by Crippen LogP contribution is -2.17. The van der Waals surface area contributed by atoms with E-state index >= 15 is 0 Å². The number of anilines is 2. The summed E-state index contributed by atoms with van der Waals surface area (Å²) in [6.07, 6.45) is 1.42. The third-order valence-corrected chi connectivity index (χ3v) is 4.54. The largest absolute Gasteiger partial charge is 0.322 e. The predicted octanol–water partition coefficient (Wildman–Crippen LogP) is 4.76. The standard InChI is InChI=1S/C24H22N4O2/c1-24(2,3)18-6-10-20(11-7-18)28-23(30)21-14-17(12-13-26-21)22(29)27-19-8-4-16(15-25)5-9-19/h4-14H,1-3H3,(H,27,29)(H,28,30). The first kappa shape index (κ1) is 20.7. The van der Waals surface area contributed by atoms with Crippen LogP contribution in [0.25, 0.3) is 0 Å². The van der Waals surface area contributed by atoms with Gasteiger partial charge in [0, 0.05) is 23.1 Å². The van der Waals surface area contributed by atoms with Crippen LogP contribution in [0.4, 0.5) is 11.4 Å². The molecule has 1 aromatic heterocycles. The molecule has 6 heteroatoms. The number of rotatable bonds is 4. The molecule has 0 radical (unpaired) electrons. The Kier molecular flexibility index (Phi) is 5.93. The van der Waals surface area contributed by atoms with Gasteiger partial charge in [-0.3, -0.25) is 14.6 Å². The van der Waals surface area contributed by atoms with Gasteiger partial charge in [-0.2, -0.15) is 5.26 Å². The lowest BCUT2D eigenvalue weighted by Gasteiger charge is -2.19. The SMILES string of the molecule is CC(C)(C)c1ccc(NC(=O)c2cc(C(=O)Nc3ccc(C#N)cc3)ccn2)cc1. The molecule has 0 unspecified atom stereocenters. The average molecular weight is 398 g/mol. The summed E-state index contributed by atoms with van der Waals surface area (Å²) >= 11 is 0. The molecule has 0 fully saturated rings. The molecule has 150 valence electrons. The molecule has 3 aromatic rings. The molecule has 0 saturated carbocycles. The average Bonchev–Trinajstić information content (AvgIpc) is 2.74. The lowest BCUT2D eigenvalue weighted by molar-refractivity contribution is 0.102. The van der Waals surface area contributed by atoms with Crippen molar-refractivity contribution in [1.82, 2.24) is 4.98 Å². The van der Waals surface area contributed by atoms with E-state index in [0.29, 0.717) is 22.5 Å². The first-order chi connectivity index (χ1) is 14.3. The van der Waals surface area contributed by atoms with E-state index in [-0.39, 0.29) is 17.0 Å². The van der Waals surface area contributed by atoms with Crippen molar-refractivity contribution in [1.29, 1.82) is 5.26 Å². The first-order valence-corrected chi connectivity index (χ1v) is 9.46. The molecule has 2 amide bonds. The summed E-state index contributed by atoms with van der Waals surface area (Å²) < 4.78 is 0. The summed E-state index contributed by atoms with van der Waals surface area (Å²) in [4.78, 5) is 29.1. The molecule has 2 aromatic carbocycles. The molecule has 6 nitrogen and oxygen atoms in total. The highest BCUT2D eigenvalue weighted by atomic mass is 16.2. The molecule has 3 rings (SSSR count). The number of nitriles is 1. The van der Waals surface area contributed by atoms with E-state index in [1.165, 1.54) is 23.9 Å². The maximum Gasteiger partial charge on any atom is 0.274 e.